The van der Waals surface area contributed by atoms with E-state index in [2.05, 4.69) is 0 Å². The number of ether oxygens (including phenoxy) is 2. The third-order valence-electron chi connectivity index (χ3n) is 4.38. The van der Waals surface area contributed by atoms with E-state index in [1.165, 1.54) is 6.92 Å². The number of hydrogen-bond donors (Lipinski definition) is 1. The molecular formula is C23H27NO5S. The van der Waals surface area contributed by atoms with Crippen molar-refractivity contribution in [1.29, 1.82) is 0 Å². The third-order valence-corrected chi connectivity index (χ3v) is 5.36. The maximum atomic E-state index is 13.4. The van der Waals surface area contributed by atoms with E-state index in [-0.39, 0.29) is 17.4 Å². The van der Waals surface area contributed by atoms with Gasteiger partial charge in [-0.15, -0.1) is 0 Å². The molecule has 0 spiro atoms. The summed E-state index contributed by atoms with van der Waals surface area (Å²) in [6.07, 6.45) is -0.655. The van der Waals surface area contributed by atoms with Crippen LogP contribution in [-0.2, 0) is 25.5 Å². The second-order valence-corrected chi connectivity index (χ2v) is 7.86. The minimum Gasteiger partial charge on any atom is -0.494 e. The lowest BCUT2D eigenvalue weighted by atomic mass is 9.91. The van der Waals surface area contributed by atoms with E-state index >= 15 is 0 Å². The van der Waals surface area contributed by atoms with E-state index in [9.17, 15) is 14.4 Å². The molecule has 0 saturated heterocycles. The number of nitrogens with two attached hydrogens (primary N) is 1. The van der Waals surface area contributed by atoms with Crippen LogP contribution in [0.1, 0.15) is 31.1 Å². The highest BCUT2D eigenvalue weighted by molar-refractivity contribution is 8.13. The highest BCUT2D eigenvalue weighted by Gasteiger charge is 2.31. The summed E-state index contributed by atoms with van der Waals surface area (Å²) in [7, 11) is 0. The number of carbonyl (C=O) groups is 3. The lowest BCUT2D eigenvalue weighted by Gasteiger charge is -2.23. The van der Waals surface area contributed by atoms with Gasteiger partial charge in [0.05, 0.1) is 13.2 Å². The highest BCUT2D eigenvalue weighted by Crippen LogP contribution is 2.27. The fourth-order valence-electron chi connectivity index (χ4n) is 2.94. The van der Waals surface area contributed by atoms with E-state index in [0.29, 0.717) is 24.3 Å². The third kappa shape index (κ3) is 7.31. The van der Waals surface area contributed by atoms with Crippen LogP contribution < -0.4 is 10.5 Å². The van der Waals surface area contributed by atoms with Crippen LogP contribution in [0.15, 0.2) is 54.6 Å². The summed E-state index contributed by atoms with van der Waals surface area (Å²) < 4.78 is 10.9. The zero-order valence-corrected chi connectivity index (χ0v) is 18.0. The SMILES string of the molecule is CCOc1ccc(CC(CSC(C)=O)C(=O)C(OC(=O)CN)c2ccccc2)cc1. The molecule has 0 heterocycles. The standard InChI is InChI=1S/C23H27NO5S/c1-3-28-20-11-9-17(10-12-20)13-19(15-30-16(2)25)22(27)23(29-21(26)14-24)18-7-5-4-6-8-18/h4-12,19,23H,3,13-15,24H2,1-2H3. The van der Waals surface area contributed by atoms with Crippen LogP contribution in [0.5, 0.6) is 5.75 Å². The molecule has 0 amide bonds. The first-order valence-electron chi connectivity index (χ1n) is 9.77. The van der Waals surface area contributed by atoms with Crippen LogP contribution >= 0.6 is 11.8 Å². The van der Waals surface area contributed by atoms with Crippen LogP contribution in [0.3, 0.4) is 0 Å². The molecule has 0 saturated carbocycles. The normalized spacial score (nSPS) is 12.6. The molecule has 0 fully saturated rings. The number of carbonyl (C=O) groups excluding carboxylic acids is 3. The number of esters is 1. The first-order valence-corrected chi connectivity index (χ1v) is 10.8. The van der Waals surface area contributed by atoms with Crippen LogP contribution in [0, 0.1) is 5.92 Å². The molecule has 0 aliphatic heterocycles. The van der Waals surface area contributed by atoms with Crippen LogP contribution in [0.2, 0.25) is 0 Å². The zero-order chi connectivity index (χ0) is 21.9. The maximum Gasteiger partial charge on any atom is 0.320 e. The van der Waals surface area contributed by atoms with Gasteiger partial charge in [-0.2, -0.15) is 0 Å². The molecule has 0 aliphatic rings. The fourth-order valence-corrected chi connectivity index (χ4v) is 3.66. The highest BCUT2D eigenvalue weighted by atomic mass is 32.2. The van der Waals surface area contributed by atoms with Crippen molar-refractivity contribution in [1.82, 2.24) is 0 Å². The van der Waals surface area contributed by atoms with Crippen molar-refractivity contribution >= 4 is 28.6 Å². The lowest BCUT2D eigenvalue weighted by molar-refractivity contribution is -0.155. The number of Topliss-reactive ketones (excluding diaryl/α,β-unsaturated/α-hetero) is 1. The molecule has 2 atom stereocenters. The number of ketones is 1. The van der Waals surface area contributed by atoms with Gasteiger partial charge in [-0.25, -0.2) is 0 Å². The van der Waals surface area contributed by atoms with Crippen LogP contribution in [-0.4, -0.2) is 35.8 Å². The summed E-state index contributed by atoms with van der Waals surface area (Å²) >= 11 is 1.09. The van der Waals surface area contributed by atoms with Crippen molar-refractivity contribution < 1.29 is 23.9 Å². The second kappa shape index (κ2) is 12.1. The Labute approximate surface area is 181 Å². The Morgan fingerprint density at radius 1 is 1.03 bits per heavy atom. The summed E-state index contributed by atoms with van der Waals surface area (Å²) in [6.45, 7) is 3.63. The molecule has 2 rings (SSSR count). The molecule has 2 N–H and O–H groups in total. The molecule has 0 radical (unpaired) electrons. The van der Waals surface area contributed by atoms with Crippen molar-refractivity contribution in [3.63, 3.8) is 0 Å². The van der Waals surface area contributed by atoms with Crippen molar-refractivity contribution in [2.45, 2.75) is 26.4 Å². The predicted octanol–water partition coefficient (Wildman–Crippen LogP) is 3.34. The lowest BCUT2D eigenvalue weighted by Crippen LogP contribution is -2.31. The monoisotopic (exact) mass is 429 g/mol. The molecule has 30 heavy (non-hydrogen) atoms. The van der Waals surface area contributed by atoms with Crippen molar-refractivity contribution in [2.24, 2.45) is 11.7 Å². The number of rotatable bonds is 11. The summed E-state index contributed by atoms with van der Waals surface area (Å²) in [4.78, 5) is 36.8. The Balaban J connectivity index is 2.27. The average Bonchev–Trinajstić information content (AvgIpc) is 2.76. The second-order valence-electron chi connectivity index (χ2n) is 6.67. The van der Waals surface area contributed by atoms with E-state index in [1.807, 2.05) is 37.3 Å². The van der Waals surface area contributed by atoms with E-state index in [0.717, 1.165) is 23.1 Å². The smallest absolute Gasteiger partial charge is 0.320 e. The predicted molar refractivity (Wildman–Crippen MR) is 117 cm³/mol. The quantitative estimate of drug-likeness (QED) is 0.547. The van der Waals surface area contributed by atoms with Gasteiger partial charge in [-0.05, 0) is 36.6 Å². The largest absolute Gasteiger partial charge is 0.494 e. The minimum absolute atomic E-state index is 0.0743. The number of thioether (sulfide) groups is 1. The van der Waals surface area contributed by atoms with Crippen LogP contribution in [0.4, 0.5) is 0 Å². The number of hydrogen-bond acceptors (Lipinski definition) is 7. The van der Waals surface area contributed by atoms with E-state index < -0.39 is 18.0 Å². The molecule has 6 nitrogen and oxygen atoms in total. The molecule has 2 aromatic carbocycles. The first kappa shape index (κ1) is 23.6. The van der Waals surface area contributed by atoms with Crippen molar-refractivity contribution in [2.75, 3.05) is 18.9 Å². The topological polar surface area (TPSA) is 95.7 Å². The summed E-state index contributed by atoms with van der Waals surface area (Å²) in [5, 5.41) is -0.0743. The molecule has 7 heteroatoms. The first-order chi connectivity index (χ1) is 14.4. The molecule has 0 aliphatic carbocycles. The number of benzene rings is 2. The Morgan fingerprint density at radius 2 is 1.70 bits per heavy atom. The molecule has 0 aromatic heterocycles. The summed E-state index contributed by atoms with van der Waals surface area (Å²) in [6, 6.07) is 16.3. The zero-order valence-electron chi connectivity index (χ0n) is 17.2. The van der Waals surface area contributed by atoms with Gasteiger partial charge in [0, 0.05) is 18.6 Å². The van der Waals surface area contributed by atoms with Gasteiger partial charge in [0.25, 0.3) is 0 Å². The summed E-state index contributed by atoms with van der Waals surface area (Å²) in [5.41, 5.74) is 6.90. The van der Waals surface area contributed by atoms with Gasteiger partial charge in [-0.1, -0.05) is 54.2 Å². The van der Waals surface area contributed by atoms with Gasteiger partial charge >= 0.3 is 5.97 Å². The average molecular weight is 430 g/mol. The van der Waals surface area contributed by atoms with Gasteiger partial charge in [0.2, 0.25) is 0 Å². The van der Waals surface area contributed by atoms with Crippen molar-refractivity contribution in [3.05, 3.63) is 65.7 Å². The van der Waals surface area contributed by atoms with Gasteiger partial charge < -0.3 is 15.2 Å². The Hall–Kier alpha value is -2.64. The fraction of sp³-hybridized carbons (Fsp3) is 0.348. The van der Waals surface area contributed by atoms with Crippen LogP contribution in [0.25, 0.3) is 0 Å². The van der Waals surface area contributed by atoms with E-state index in [4.69, 9.17) is 15.2 Å². The molecule has 2 unspecified atom stereocenters. The molecule has 0 bridgehead atoms. The minimum atomic E-state index is -1.07. The maximum absolute atomic E-state index is 13.4. The Morgan fingerprint density at radius 3 is 2.27 bits per heavy atom. The van der Waals surface area contributed by atoms with Gasteiger partial charge in [0.15, 0.2) is 17.0 Å². The molecule has 160 valence electrons. The Bertz CT molecular complexity index is 838. The molecular weight excluding hydrogens is 402 g/mol. The molecule has 2 aromatic rings. The van der Waals surface area contributed by atoms with E-state index in [1.54, 1.807) is 24.3 Å². The van der Waals surface area contributed by atoms with Gasteiger partial charge in [-0.3, -0.25) is 14.4 Å². The Kier molecular flexibility index (Phi) is 9.57. The van der Waals surface area contributed by atoms with Gasteiger partial charge in [0.1, 0.15) is 5.75 Å². The summed E-state index contributed by atoms with van der Waals surface area (Å²) in [5.74, 6) is -0.388. The van der Waals surface area contributed by atoms with Crippen molar-refractivity contribution in [3.8, 4) is 5.75 Å².